The van der Waals surface area contributed by atoms with Gasteiger partial charge in [0, 0.05) is 12.8 Å². The number of aliphatic hydroxyl groups excluding tert-OH is 1. The average Bonchev–Trinajstić information content (AvgIpc) is 2.24. The lowest BCUT2D eigenvalue weighted by Crippen LogP contribution is -2.18. The molecule has 0 aliphatic carbocycles. The van der Waals surface area contributed by atoms with Crippen LogP contribution in [-0.2, 0) is 4.79 Å². The van der Waals surface area contributed by atoms with Crippen molar-refractivity contribution in [3.05, 3.63) is 0 Å². The molecule has 0 aliphatic heterocycles. The molecule has 0 spiro atoms. The van der Waals surface area contributed by atoms with Crippen LogP contribution in [0.3, 0.4) is 0 Å². The van der Waals surface area contributed by atoms with Gasteiger partial charge in [-0.2, -0.15) is 0 Å². The number of aliphatic hydroxyl groups is 1. The van der Waals surface area contributed by atoms with E-state index in [2.05, 4.69) is 13.8 Å². The van der Waals surface area contributed by atoms with Gasteiger partial charge in [0.25, 0.3) is 0 Å². The Balaban J connectivity index is 3.65. The summed E-state index contributed by atoms with van der Waals surface area (Å²) < 4.78 is 0. The van der Waals surface area contributed by atoms with Gasteiger partial charge in [-0.1, -0.05) is 52.9 Å². The maximum absolute atomic E-state index is 11.7. The summed E-state index contributed by atoms with van der Waals surface area (Å²) in [5, 5.41) is 9.35. The lowest BCUT2D eigenvalue weighted by atomic mass is 9.92. The molecule has 2 heteroatoms. The van der Waals surface area contributed by atoms with E-state index in [9.17, 15) is 9.90 Å². The fourth-order valence-electron chi connectivity index (χ4n) is 2.02. The van der Waals surface area contributed by atoms with E-state index in [4.69, 9.17) is 0 Å². The number of rotatable bonds is 10. The van der Waals surface area contributed by atoms with Crippen molar-refractivity contribution in [3.63, 3.8) is 0 Å². The van der Waals surface area contributed by atoms with Crippen molar-refractivity contribution in [2.75, 3.05) is 0 Å². The van der Waals surface area contributed by atoms with E-state index in [1.165, 1.54) is 25.7 Å². The molecule has 0 aromatic heterocycles. The first-order valence-corrected chi connectivity index (χ1v) is 7.17. The van der Waals surface area contributed by atoms with Gasteiger partial charge in [0.1, 0.15) is 5.78 Å². The molecule has 0 bridgehead atoms. The monoisotopic (exact) mass is 242 g/mol. The topological polar surface area (TPSA) is 37.3 Å². The number of unbranched alkanes of at least 4 members (excludes halogenated alkanes) is 3. The minimum atomic E-state index is -0.376. The summed E-state index contributed by atoms with van der Waals surface area (Å²) in [7, 11) is 0. The summed E-state index contributed by atoms with van der Waals surface area (Å²) in [6, 6.07) is 0. The molecule has 0 fully saturated rings. The Hall–Kier alpha value is -0.370. The zero-order chi connectivity index (χ0) is 13.3. The molecule has 0 aromatic carbocycles. The van der Waals surface area contributed by atoms with Gasteiger partial charge in [0.2, 0.25) is 0 Å². The second-order valence-corrected chi connectivity index (χ2v) is 5.62. The van der Waals surface area contributed by atoms with E-state index in [0.29, 0.717) is 24.5 Å². The second kappa shape index (κ2) is 9.64. The summed E-state index contributed by atoms with van der Waals surface area (Å²) >= 11 is 0. The first-order chi connectivity index (χ1) is 7.97. The van der Waals surface area contributed by atoms with E-state index in [0.717, 1.165) is 6.42 Å². The Bertz CT molecular complexity index is 199. The van der Waals surface area contributed by atoms with Crippen LogP contribution in [-0.4, -0.2) is 17.0 Å². The van der Waals surface area contributed by atoms with Gasteiger partial charge in [0.15, 0.2) is 0 Å². The molecule has 0 aliphatic rings. The summed E-state index contributed by atoms with van der Waals surface area (Å²) in [5.74, 6) is 0.900. The molecule has 0 radical (unpaired) electrons. The quantitative estimate of drug-likeness (QED) is 0.589. The third kappa shape index (κ3) is 9.34. The fraction of sp³-hybridized carbons (Fsp3) is 0.933. The van der Waals surface area contributed by atoms with Crippen molar-refractivity contribution in [1.82, 2.24) is 0 Å². The summed E-state index contributed by atoms with van der Waals surface area (Å²) in [4.78, 5) is 11.7. The molecule has 17 heavy (non-hydrogen) atoms. The zero-order valence-corrected chi connectivity index (χ0v) is 12.0. The number of Topliss-reactive ketones (excluding diaryl/α,β-unsaturated/α-hetero) is 1. The van der Waals surface area contributed by atoms with Crippen LogP contribution in [0.1, 0.15) is 72.6 Å². The molecule has 3 atom stereocenters. The molecule has 3 unspecified atom stereocenters. The van der Waals surface area contributed by atoms with Gasteiger partial charge in [-0.3, -0.25) is 4.79 Å². The maximum atomic E-state index is 11.7. The molecule has 0 heterocycles. The third-order valence-corrected chi connectivity index (χ3v) is 3.50. The van der Waals surface area contributed by atoms with Gasteiger partial charge in [-0.15, -0.1) is 0 Å². The van der Waals surface area contributed by atoms with Gasteiger partial charge < -0.3 is 5.11 Å². The number of ketones is 1. The molecule has 0 amide bonds. The van der Waals surface area contributed by atoms with Gasteiger partial charge in [-0.25, -0.2) is 0 Å². The second-order valence-electron chi connectivity index (χ2n) is 5.62. The average molecular weight is 242 g/mol. The third-order valence-electron chi connectivity index (χ3n) is 3.50. The molecular formula is C15H30O2. The SMILES string of the molecule is CCCCCCC(C)CC(=O)CC(C)C(C)O. The number of hydrogen-bond acceptors (Lipinski definition) is 2. The lowest BCUT2D eigenvalue weighted by molar-refractivity contribution is -0.121. The minimum Gasteiger partial charge on any atom is -0.393 e. The summed E-state index contributed by atoms with van der Waals surface area (Å²) in [5.41, 5.74) is 0. The Morgan fingerprint density at radius 3 is 2.24 bits per heavy atom. The van der Waals surface area contributed by atoms with Crippen LogP contribution in [0.25, 0.3) is 0 Å². The smallest absolute Gasteiger partial charge is 0.133 e. The number of hydrogen-bond donors (Lipinski definition) is 1. The lowest BCUT2D eigenvalue weighted by Gasteiger charge is -2.15. The highest BCUT2D eigenvalue weighted by molar-refractivity contribution is 5.78. The first kappa shape index (κ1) is 16.6. The summed E-state index contributed by atoms with van der Waals surface area (Å²) in [6.45, 7) is 8.07. The highest BCUT2D eigenvalue weighted by Crippen LogP contribution is 2.17. The van der Waals surface area contributed by atoms with Gasteiger partial charge in [0.05, 0.1) is 6.10 Å². The molecular weight excluding hydrogens is 212 g/mol. The van der Waals surface area contributed by atoms with Crippen LogP contribution < -0.4 is 0 Å². The Morgan fingerprint density at radius 1 is 1.06 bits per heavy atom. The zero-order valence-electron chi connectivity index (χ0n) is 12.0. The van der Waals surface area contributed by atoms with Crippen LogP contribution in [0.5, 0.6) is 0 Å². The van der Waals surface area contributed by atoms with Crippen LogP contribution in [0.15, 0.2) is 0 Å². The van der Waals surface area contributed by atoms with Crippen molar-refractivity contribution in [2.45, 2.75) is 78.7 Å². The van der Waals surface area contributed by atoms with E-state index in [1.807, 2.05) is 6.92 Å². The van der Waals surface area contributed by atoms with E-state index in [-0.39, 0.29) is 12.0 Å². The molecule has 0 rings (SSSR count). The Labute approximate surface area is 107 Å². The number of carbonyl (C=O) groups excluding carboxylic acids is 1. The van der Waals surface area contributed by atoms with Crippen molar-refractivity contribution in [3.8, 4) is 0 Å². The largest absolute Gasteiger partial charge is 0.393 e. The molecule has 0 saturated heterocycles. The van der Waals surface area contributed by atoms with Crippen LogP contribution >= 0.6 is 0 Å². The van der Waals surface area contributed by atoms with E-state index in [1.54, 1.807) is 6.92 Å². The standard InChI is InChI=1S/C15H30O2/c1-5-6-7-8-9-12(2)10-15(17)11-13(3)14(4)16/h12-14,16H,5-11H2,1-4H3. The maximum Gasteiger partial charge on any atom is 0.133 e. The molecule has 1 N–H and O–H groups in total. The van der Waals surface area contributed by atoms with Crippen molar-refractivity contribution < 1.29 is 9.90 Å². The van der Waals surface area contributed by atoms with Gasteiger partial charge in [-0.05, 0) is 18.8 Å². The Kier molecular flexibility index (Phi) is 9.43. The fourth-order valence-corrected chi connectivity index (χ4v) is 2.02. The highest BCUT2D eigenvalue weighted by atomic mass is 16.3. The van der Waals surface area contributed by atoms with Crippen LogP contribution in [0.2, 0.25) is 0 Å². The first-order valence-electron chi connectivity index (χ1n) is 7.17. The van der Waals surface area contributed by atoms with Gasteiger partial charge >= 0.3 is 0 Å². The molecule has 2 nitrogen and oxygen atoms in total. The molecule has 0 saturated carbocycles. The van der Waals surface area contributed by atoms with E-state index >= 15 is 0 Å². The van der Waals surface area contributed by atoms with Crippen LogP contribution in [0.4, 0.5) is 0 Å². The number of carbonyl (C=O) groups is 1. The highest BCUT2D eigenvalue weighted by Gasteiger charge is 2.15. The normalized spacial score (nSPS) is 16.5. The summed E-state index contributed by atoms with van der Waals surface area (Å²) in [6.07, 6.45) is 7.10. The van der Waals surface area contributed by atoms with Crippen LogP contribution in [0, 0.1) is 11.8 Å². The van der Waals surface area contributed by atoms with Crippen molar-refractivity contribution in [2.24, 2.45) is 11.8 Å². The van der Waals surface area contributed by atoms with Crippen molar-refractivity contribution in [1.29, 1.82) is 0 Å². The van der Waals surface area contributed by atoms with E-state index < -0.39 is 0 Å². The predicted octanol–water partition coefficient (Wildman–Crippen LogP) is 3.96. The minimum absolute atomic E-state index is 0.0924. The molecule has 0 aromatic rings. The predicted molar refractivity (Wildman–Crippen MR) is 73.0 cm³/mol. The Morgan fingerprint density at radius 2 is 1.71 bits per heavy atom. The molecule has 102 valence electrons. The van der Waals surface area contributed by atoms with Crippen molar-refractivity contribution >= 4 is 5.78 Å².